The summed E-state index contributed by atoms with van der Waals surface area (Å²) in [6.07, 6.45) is 3.13. The molecule has 0 aliphatic carbocycles. The summed E-state index contributed by atoms with van der Waals surface area (Å²) in [6, 6.07) is 26.8. The molecular weight excluding hydrogens is 410 g/mol. The fraction of sp³-hybridized carbons (Fsp3) is 0.321. The van der Waals surface area contributed by atoms with E-state index in [4.69, 9.17) is 0 Å². The zero-order valence-electron chi connectivity index (χ0n) is 18.7. The zero-order valence-corrected chi connectivity index (χ0v) is 19.5. The Morgan fingerprint density at radius 3 is 2.69 bits per heavy atom. The van der Waals surface area contributed by atoms with Crippen molar-refractivity contribution in [3.8, 4) is 0 Å². The third-order valence-electron chi connectivity index (χ3n) is 6.89. The van der Waals surface area contributed by atoms with Gasteiger partial charge in [0.1, 0.15) is 5.01 Å². The van der Waals surface area contributed by atoms with E-state index < -0.39 is 0 Å². The maximum Gasteiger partial charge on any atom is 0.107 e. The van der Waals surface area contributed by atoms with Gasteiger partial charge in [-0.1, -0.05) is 72.8 Å². The number of nitrogens with zero attached hydrogens (tertiary/aromatic N) is 2. The molecule has 1 aliphatic rings. The van der Waals surface area contributed by atoms with Gasteiger partial charge >= 0.3 is 0 Å². The molecule has 4 heteroatoms. The first-order valence-corrected chi connectivity index (χ1v) is 12.5. The molecule has 0 radical (unpaired) electrons. The Hall–Kier alpha value is -2.53. The molecule has 1 aromatic heterocycles. The predicted octanol–water partition coefficient (Wildman–Crippen LogP) is 6.25. The van der Waals surface area contributed by atoms with E-state index in [0.717, 1.165) is 26.2 Å². The molecule has 32 heavy (non-hydrogen) atoms. The molecule has 1 saturated heterocycles. The van der Waals surface area contributed by atoms with Gasteiger partial charge in [-0.15, -0.1) is 11.3 Å². The average Bonchev–Trinajstić information content (AvgIpc) is 3.36. The highest BCUT2D eigenvalue weighted by atomic mass is 32.1. The van der Waals surface area contributed by atoms with Crippen LogP contribution in [0.4, 0.5) is 0 Å². The molecule has 0 amide bonds. The number of benzene rings is 3. The molecule has 3 nitrogen and oxygen atoms in total. The number of thiazole rings is 1. The highest BCUT2D eigenvalue weighted by molar-refractivity contribution is 7.09. The molecule has 4 aromatic rings. The summed E-state index contributed by atoms with van der Waals surface area (Å²) in [7, 11) is 0. The third-order valence-corrected chi connectivity index (χ3v) is 7.65. The largest absolute Gasteiger partial charge is 0.310 e. The molecule has 5 rings (SSSR count). The molecule has 0 spiro atoms. The fourth-order valence-electron chi connectivity index (χ4n) is 5.12. The molecular formula is C28H31N3S. The first-order valence-electron chi connectivity index (χ1n) is 11.6. The van der Waals surface area contributed by atoms with Gasteiger partial charge in [0.05, 0.1) is 6.54 Å². The number of fused-ring (bicyclic) bond motifs is 1. The topological polar surface area (TPSA) is 28.2 Å². The van der Waals surface area contributed by atoms with E-state index in [1.165, 1.54) is 33.3 Å². The van der Waals surface area contributed by atoms with Crippen molar-refractivity contribution in [2.75, 3.05) is 19.6 Å². The van der Waals surface area contributed by atoms with Crippen LogP contribution in [0, 0.1) is 5.92 Å². The Balaban J connectivity index is 1.30. The quantitative estimate of drug-likeness (QED) is 0.367. The lowest BCUT2D eigenvalue weighted by Crippen LogP contribution is -2.42. The smallest absolute Gasteiger partial charge is 0.107 e. The second kappa shape index (κ2) is 9.95. The summed E-state index contributed by atoms with van der Waals surface area (Å²) >= 11 is 1.76. The Bertz CT molecular complexity index is 1120. The molecule has 0 saturated carbocycles. The summed E-state index contributed by atoms with van der Waals surface area (Å²) in [5.41, 5.74) is 2.85. The normalized spacial score (nSPS) is 20.4. The van der Waals surface area contributed by atoms with Gasteiger partial charge in [0, 0.05) is 30.1 Å². The highest BCUT2D eigenvalue weighted by Crippen LogP contribution is 2.34. The van der Waals surface area contributed by atoms with E-state index in [1.807, 2.05) is 6.20 Å². The van der Waals surface area contributed by atoms with Crippen LogP contribution in [0.2, 0.25) is 0 Å². The van der Waals surface area contributed by atoms with Crippen molar-refractivity contribution in [3.63, 3.8) is 0 Å². The van der Waals surface area contributed by atoms with Crippen LogP contribution < -0.4 is 5.32 Å². The molecule has 1 N–H and O–H groups in total. The minimum Gasteiger partial charge on any atom is -0.310 e. The van der Waals surface area contributed by atoms with E-state index in [0.29, 0.717) is 17.9 Å². The second-order valence-electron chi connectivity index (χ2n) is 8.93. The van der Waals surface area contributed by atoms with E-state index in [9.17, 15) is 0 Å². The van der Waals surface area contributed by atoms with Gasteiger partial charge in [-0.05, 0) is 54.3 Å². The molecule has 3 aromatic carbocycles. The Labute approximate surface area is 195 Å². The van der Waals surface area contributed by atoms with Crippen LogP contribution in [0.25, 0.3) is 10.8 Å². The Morgan fingerprint density at radius 1 is 1.03 bits per heavy atom. The predicted molar refractivity (Wildman–Crippen MR) is 135 cm³/mol. The molecule has 2 heterocycles. The van der Waals surface area contributed by atoms with Crippen LogP contribution in [0.5, 0.6) is 0 Å². The zero-order chi connectivity index (χ0) is 21.8. The van der Waals surface area contributed by atoms with Gasteiger partial charge in [0.25, 0.3) is 0 Å². The fourth-order valence-corrected chi connectivity index (χ4v) is 5.78. The molecule has 1 aliphatic heterocycles. The van der Waals surface area contributed by atoms with Gasteiger partial charge in [-0.2, -0.15) is 0 Å². The van der Waals surface area contributed by atoms with Gasteiger partial charge in [0.2, 0.25) is 0 Å². The minimum atomic E-state index is 0.325. The van der Waals surface area contributed by atoms with Crippen molar-refractivity contribution in [1.82, 2.24) is 15.2 Å². The molecule has 0 bridgehead atoms. The minimum absolute atomic E-state index is 0.325. The maximum absolute atomic E-state index is 4.51. The lowest BCUT2D eigenvalue weighted by molar-refractivity contribution is 0.148. The molecule has 2 unspecified atom stereocenters. The van der Waals surface area contributed by atoms with Gasteiger partial charge < -0.3 is 5.32 Å². The second-order valence-corrected chi connectivity index (χ2v) is 9.90. The van der Waals surface area contributed by atoms with Gasteiger partial charge in [-0.25, -0.2) is 4.98 Å². The number of hydrogen-bond donors (Lipinski definition) is 1. The molecule has 164 valence electrons. The van der Waals surface area contributed by atoms with Crippen LogP contribution in [-0.2, 0) is 6.54 Å². The van der Waals surface area contributed by atoms with Crippen molar-refractivity contribution in [2.45, 2.75) is 31.8 Å². The average molecular weight is 442 g/mol. The van der Waals surface area contributed by atoms with Crippen LogP contribution >= 0.6 is 11.3 Å². The highest BCUT2D eigenvalue weighted by Gasteiger charge is 2.31. The Morgan fingerprint density at radius 2 is 1.84 bits per heavy atom. The monoisotopic (exact) mass is 441 g/mol. The number of aromatic nitrogens is 1. The van der Waals surface area contributed by atoms with Crippen LogP contribution in [0.15, 0.2) is 84.4 Å². The van der Waals surface area contributed by atoms with E-state index in [2.05, 4.69) is 100 Å². The summed E-state index contributed by atoms with van der Waals surface area (Å²) in [4.78, 5) is 7.09. The van der Waals surface area contributed by atoms with Crippen LogP contribution in [-0.4, -0.2) is 29.5 Å². The van der Waals surface area contributed by atoms with Crippen molar-refractivity contribution in [3.05, 3.63) is 101 Å². The lowest BCUT2D eigenvalue weighted by atomic mass is 9.80. The SMILES string of the molecule is C[C@@H](NCC1CCN(Cc2nccs2)CC1c1ccccc1)c1cccc2ccccc12. The lowest BCUT2D eigenvalue weighted by Gasteiger charge is -2.39. The van der Waals surface area contributed by atoms with Crippen molar-refractivity contribution in [2.24, 2.45) is 5.92 Å². The van der Waals surface area contributed by atoms with E-state index in [-0.39, 0.29) is 0 Å². The number of rotatable bonds is 7. The van der Waals surface area contributed by atoms with E-state index in [1.54, 1.807) is 11.3 Å². The van der Waals surface area contributed by atoms with Crippen molar-refractivity contribution < 1.29 is 0 Å². The molecule has 1 fully saturated rings. The number of hydrogen-bond acceptors (Lipinski definition) is 4. The van der Waals surface area contributed by atoms with Crippen molar-refractivity contribution >= 4 is 22.1 Å². The number of likely N-dealkylation sites (tertiary alicyclic amines) is 1. The summed E-state index contributed by atoms with van der Waals surface area (Å²) in [5, 5.41) is 9.86. The maximum atomic E-state index is 4.51. The van der Waals surface area contributed by atoms with E-state index >= 15 is 0 Å². The first-order chi connectivity index (χ1) is 15.8. The van der Waals surface area contributed by atoms with Gasteiger partial charge in [-0.3, -0.25) is 4.90 Å². The third kappa shape index (κ3) is 4.78. The first kappa shape index (κ1) is 21.3. The van der Waals surface area contributed by atoms with Crippen molar-refractivity contribution in [1.29, 1.82) is 0 Å². The van der Waals surface area contributed by atoms with Crippen LogP contribution in [0.1, 0.15) is 41.4 Å². The summed E-state index contributed by atoms with van der Waals surface area (Å²) in [5.74, 6) is 1.17. The molecule has 3 atom stereocenters. The van der Waals surface area contributed by atoms with Crippen LogP contribution in [0.3, 0.4) is 0 Å². The standard InChI is InChI=1S/C28H31N3S/c1-21(25-13-7-11-22-10-5-6-12-26(22)25)30-18-24-14-16-31(20-28-29-15-17-32-28)19-27(24)23-8-3-2-4-9-23/h2-13,15,17,21,24,27,30H,14,16,18-20H2,1H3/t21-,24?,27?/m1/s1. The number of nitrogens with one attached hydrogen (secondary N) is 1. The van der Waals surface area contributed by atoms with Gasteiger partial charge in [0.15, 0.2) is 0 Å². The summed E-state index contributed by atoms with van der Waals surface area (Å²) in [6.45, 7) is 6.54. The Kier molecular flexibility index (Phi) is 6.63. The number of piperidine rings is 1. The summed E-state index contributed by atoms with van der Waals surface area (Å²) < 4.78 is 0.